The average Bonchev–Trinajstić information content (AvgIpc) is 2.92. The molecule has 1 aliphatic heterocycles. The summed E-state index contributed by atoms with van der Waals surface area (Å²) in [6.45, 7) is 9.12. The van der Waals surface area contributed by atoms with Crippen molar-refractivity contribution in [3.63, 3.8) is 0 Å². The van der Waals surface area contributed by atoms with Crippen LogP contribution >= 0.6 is 0 Å². The fourth-order valence-electron chi connectivity index (χ4n) is 5.30. The SMILES string of the molecule is CCOc1cc([C@@H]2C(C(=O)O[C@@H](C)CC)=C(C)NC3=C2C(=O)C[C@H](c2ccc(OC)cc2)C3)ccc1OC(C)=O. The number of carbonyl (C=O) groups excluding carboxylic acids is 3. The summed E-state index contributed by atoms with van der Waals surface area (Å²) in [6.07, 6.45) is 1.30. The van der Waals surface area contributed by atoms with Gasteiger partial charge in [-0.15, -0.1) is 0 Å². The first-order valence-electron chi connectivity index (χ1n) is 13.7. The van der Waals surface area contributed by atoms with Crippen LogP contribution < -0.4 is 19.5 Å². The van der Waals surface area contributed by atoms with Crippen molar-refractivity contribution in [2.75, 3.05) is 13.7 Å². The van der Waals surface area contributed by atoms with Gasteiger partial charge in [0.1, 0.15) is 5.75 Å². The number of carbonyl (C=O) groups is 3. The van der Waals surface area contributed by atoms with E-state index in [0.29, 0.717) is 54.0 Å². The summed E-state index contributed by atoms with van der Waals surface area (Å²) in [7, 11) is 1.62. The molecule has 0 unspecified atom stereocenters. The van der Waals surface area contributed by atoms with Gasteiger partial charge in [-0.3, -0.25) is 9.59 Å². The van der Waals surface area contributed by atoms with Crippen molar-refractivity contribution < 1.29 is 33.3 Å². The standard InChI is InChI=1S/C32H37NO7/c1-7-18(3)39-32(36)29-19(4)33-25-15-23(21-9-12-24(37-6)13-10-21)16-26(35)31(25)30(29)22-11-14-27(40-20(5)34)28(17-22)38-8-2/h9-14,17-18,23,30,33H,7-8,15-16H2,1-6H3/t18-,23+,30+/m0/s1. The molecular formula is C32H37NO7. The van der Waals surface area contributed by atoms with E-state index in [0.717, 1.165) is 17.0 Å². The van der Waals surface area contributed by atoms with Gasteiger partial charge in [0.25, 0.3) is 0 Å². The van der Waals surface area contributed by atoms with E-state index in [4.69, 9.17) is 18.9 Å². The molecule has 0 saturated carbocycles. The molecule has 40 heavy (non-hydrogen) atoms. The number of ketones is 1. The largest absolute Gasteiger partial charge is 0.497 e. The van der Waals surface area contributed by atoms with Crippen LogP contribution in [0.3, 0.4) is 0 Å². The third-order valence-corrected chi connectivity index (χ3v) is 7.37. The lowest BCUT2D eigenvalue weighted by atomic mass is 9.71. The highest BCUT2D eigenvalue weighted by molar-refractivity contribution is 6.04. The van der Waals surface area contributed by atoms with Gasteiger partial charge in [0.2, 0.25) is 0 Å². The number of ether oxygens (including phenoxy) is 4. The number of allylic oxidation sites excluding steroid dienone is 3. The molecule has 8 heteroatoms. The van der Waals surface area contributed by atoms with E-state index < -0.39 is 17.9 Å². The van der Waals surface area contributed by atoms with Crippen molar-refractivity contribution in [1.29, 1.82) is 0 Å². The van der Waals surface area contributed by atoms with E-state index in [1.54, 1.807) is 25.3 Å². The summed E-state index contributed by atoms with van der Waals surface area (Å²) in [5.74, 6) is -0.262. The monoisotopic (exact) mass is 547 g/mol. The number of hydrogen-bond donors (Lipinski definition) is 1. The molecule has 1 aliphatic carbocycles. The fourth-order valence-corrected chi connectivity index (χ4v) is 5.30. The number of dihydropyridines is 1. The summed E-state index contributed by atoms with van der Waals surface area (Å²) in [6, 6.07) is 12.9. The first-order chi connectivity index (χ1) is 19.2. The van der Waals surface area contributed by atoms with E-state index >= 15 is 0 Å². The lowest BCUT2D eigenvalue weighted by Crippen LogP contribution is -2.36. The normalized spacial score (nSPS) is 19.4. The quantitative estimate of drug-likeness (QED) is 0.314. The maximum Gasteiger partial charge on any atom is 0.337 e. The van der Waals surface area contributed by atoms with Crippen molar-refractivity contribution in [3.05, 3.63) is 76.1 Å². The second kappa shape index (κ2) is 12.4. The molecule has 2 aromatic carbocycles. The van der Waals surface area contributed by atoms with E-state index in [-0.39, 0.29) is 23.6 Å². The first kappa shape index (κ1) is 28.9. The van der Waals surface area contributed by atoms with Crippen molar-refractivity contribution in [2.45, 2.75) is 71.8 Å². The van der Waals surface area contributed by atoms with Gasteiger partial charge in [0, 0.05) is 36.2 Å². The van der Waals surface area contributed by atoms with Gasteiger partial charge in [-0.1, -0.05) is 25.1 Å². The molecule has 1 N–H and O–H groups in total. The van der Waals surface area contributed by atoms with E-state index in [1.807, 2.05) is 52.0 Å². The van der Waals surface area contributed by atoms with E-state index in [9.17, 15) is 14.4 Å². The highest BCUT2D eigenvalue weighted by Crippen LogP contribution is 2.47. The molecule has 0 bridgehead atoms. The molecule has 212 valence electrons. The number of nitrogens with one attached hydrogen (secondary N) is 1. The van der Waals surface area contributed by atoms with Gasteiger partial charge in [-0.2, -0.15) is 0 Å². The number of methoxy groups -OCH3 is 1. The Morgan fingerprint density at radius 1 is 1.02 bits per heavy atom. The zero-order valence-corrected chi connectivity index (χ0v) is 24.0. The minimum Gasteiger partial charge on any atom is -0.497 e. The lowest BCUT2D eigenvalue weighted by Gasteiger charge is -2.37. The third kappa shape index (κ3) is 6.06. The summed E-state index contributed by atoms with van der Waals surface area (Å²) >= 11 is 0. The Hall–Kier alpha value is -4.07. The predicted molar refractivity (Wildman–Crippen MR) is 150 cm³/mol. The molecular weight excluding hydrogens is 510 g/mol. The van der Waals surface area contributed by atoms with Gasteiger partial charge in [0.05, 0.1) is 25.4 Å². The number of esters is 2. The average molecular weight is 548 g/mol. The van der Waals surface area contributed by atoms with Gasteiger partial charge in [-0.05, 0) is 74.9 Å². The molecule has 0 saturated heterocycles. The molecule has 0 spiro atoms. The molecule has 0 radical (unpaired) electrons. The maximum atomic E-state index is 13.9. The summed E-state index contributed by atoms with van der Waals surface area (Å²) < 4.78 is 22.2. The molecule has 0 aromatic heterocycles. The molecule has 2 aromatic rings. The molecule has 2 aliphatic rings. The van der Waals surface area contributed by atoms with Gasteiger partial charge >= 0.3 is 11.9 Å². The van der Waals surface area contributed by atoms with Crippen LogP contribution in [0.5, 0.6) is 17.2 Å². The number of rotatable bonds is 9. The van der Waals surface area contributed by atoms with Crippen LogP contribution in [-0.2, 0) is 19.1 Å². The van der Waals surface area contributed by atoms with E-state index in [1.165, 1.54) is 6.92 Å². The van der Waals surface area contributed by atoms with Crippen LogP contribution in [0.1, 0.15) is 76.8 Å². The molecule has 0 amide bonds. The van der Waals surface area contributed by atoms with Crippen LogP contribution in [-0.4, -0.2) is 37.5 Å². The second-order valence-corrected chi connectivity index (χ2v) is 10.1. The summed E-state index contributed by atoms with van der Waals surface area (Å²) in [5.41, 5.74) is 4.10. The van der Waals surface area contributed by atoms with Crippen LogP contribution in [0.25, 0.3) is 0 Å². The van der Waals surface area contributed by atoms with Crippen molar-refractivity contribution in [3.8, 4) is 17.2 Å². The molecule has 3 atom stereocenters. The Kier molecular flexibility index (Phi) is 8.97. The van der Waals surface area contributed by atoms with Crippen LogP contribution in [0.2, 0.25) is 0 Å². The van der Waals surface area contributed by atoms with Crippen molar-refractivity contribution in [1.82, 2.24) is 5.32 Å². The van der Waals surface area contributed by atoms with E-state index in [2.05, 4.69) is 5.32 Å². The summed E-state index contributed by atoms with van der Waals surface area (Å²) in [5, 5.41) is 3.38. The molecule has 0 fully saturated rings. The zero-order chi connectivity index (χ0) is 29.0. The third-order valence-electron chi connectivity index (χ3n) is 7.37. The predicted octanol–water partition coefficient (Wildman–Crippen LogP) is 5.72. The fraction of sp³-hybridized carbons (Fsp3) is 0.406. The topological polar surface area (TPSA) is 100 Å². The highest BCUT2D eigenvalue weighted by Gasteiger charge is 2.42. The highest BCUT2D eigenvalue weighted by atomic mass is 16.6. The smallest absolute Gasteiger partial charge is 0.337 e. The Morgan fingerprint density at radius 3 is 2.35 bits per heavy atom. The Bertz CT molecular complexity index is 1360. The first-order valence-corrected chi connectivity index (χ1v) is 13.7. The number of Topliss-reactive ketones (excluding diaryl/α,β-unsaturated/α-hetero) is 1. The van der Waals surface area contributed by atoms with Gasteiger partial charge in [-0.25, -0.2) is 4.79 Å². The maximum absolute atomic E-state index is 13.9. The Morgan fingerprint density at radius 2 is 1.73 bits per heavy atom. The van der Waals surface area contributed by atoms with Crippen LogP contribution in [0.15, 0.2) is 65.0 Å². The number of benzene rings is 2. The second-order valence-electron chi connectivity index (χ2n) is 10.1. The van der Waals surface area contributed by atoms with Crippen LogP contribution in [0, 0.1) is 0 Å². The Balaban J connectivity index is 1.81. The zero-order valence-electron chi connectivity index (χ0n) is 24.0. The minimum absolute atomic E-state index is 0.0166. The van der Waals surface area contributed by atoms with Crippen molar-refractivity contribution in [2.24, 2.45) is 0 Å². The molecule has 4 rings (SSSR count). The molecule has 8 nitrogen and oxygen atoms in total. The number of hydrogen-bond acceptors (Lipinski definition) is 8. The van der Waals surface area contributed by atoms with Gasteiger partial charge in [0.15, 0.2) is 17.3 Å². The summed E-state index contributed by atoms with van der Waals surface area (Å²) in [4.78, 5) is 39.1. The molecule has 1 heterocycles. The Labute approximate surface area is 235 Å². The lowest BCUT2D eigenvalue weighted by molar-refractivity contribution is -0.144. The van der Waals surface area contributed by atoms with Crippen molar-refractivity contribution >= 4 is 17.7 Å². The minimum atomic E-state index is -0.664. The van der Waals surface area contributed by atoms with Crippen LogP contribution in [0.4, 0.5) is 0 Å². The van der Waals surface area contributed by atoms with Gasteiger partial charge < -0.3 is 24.3 Å².